The molecule has 1 unspecified atom stereocenters. The second kappa shape index (κ2) is 5.49. The molecule has 0 amide bonds. The van der Waals surface area contributed by atoms with Gasteiger partial charge in [-0.25, -0.2) is 8.42 Å². The Morgan fingerprint density at radius 2 is 2.28 bits per heavy atom. The third-order valence-electron chi connectivity index (χ3n) is 3.43. The number of nitrogens with zero attached hydrogens (tertiary/aromatic N) is 1. The van der Waals surface area contributed by atoms with Gasteiger partial charge in [0.25, 0.3) is 0 Å². The molecule has 0 radical (unpaired) electrons. The fourth-order valence-corrected chi connectivity index (χ4v) is 6.01. The van der Waals surface area contributed by atoms with E-state index in [1.54, 1.807) is 15.8 Å². The predicted octanol–water partition coefficient (Wildman–Crippen LogP) is 3.30. The van der Waals surface area contributed by atoms with E-state index in [0.29, 0.717) is 17.4 Å². The van der Waals surface area contributed by atoms with Crippen LogP contribution in [0.4, 0.5) is 0 Å². The molecule has 0 aromatic carbocycles. The molecule has 1 atom stereocenters. The third kappa shape index (κ3) is 2.46. The molecular formula is C12H18ClNO2S2. The van der Waals surface area contributed by atoms with E-state index < -0.39 is 10.0 Å². The molecule has 0 aliphatic carbocycles. The molecule has 3 nitrogen and oxygen atoms in total. The van der Waals surface area contributed by atoms with E-state index in [2.05, 4.69) is 13.8 Å². The first-order valence-corrected chi connectivity index (χ1v) is 8.98. The molecule has 18 heavy (non-hydrogen) atoms. The lowest BCUT2D eigenvalue weighted by Gasteiger charge is -2.26. The number of hydrogen-bond donors (Lipinski definition) is 0. The number of thiophene rings is 1. The first-order chi connectivity index (χ1) is 8.48. The van der Waals surface area contributed by atoms with Gasteiger partial charge < -0.3 is 0 Å². The summed E-state index contributed by atoms with van der Waals surface area (Å²) in [7, 11) is -3.37. The Balaban J connectivity index is 2.37. The monoisotopic (exact) mass is 307 g/mol. The molecule has 102 valence electrons. The average Bonchev–Trinajstić information content (AvgIpc) is 2.98. The van der Waals surface area contributed by atoms with E-state index in [1.165, 1.54) is 11.3 Å². The highest BCUT2D eigenvalue weighted by molar-refractivity contribution is 7.89. The summed E-state index contributed by atoms with van der Waals surface area (Å²) >= 11 is 7.22. The van der Waals surface area contributed by atoms with Crippen molar-refractivity contribution in [3.8, 4) is 0 Å². The van der Waals surface area contributed by atoms with Gasteiger partial charge in [-0.1, -0.05) is 13.8 Å². The number of hydrogen-bond acceptors (Lipinski definition) is 3. The molecule has 6 heteroatoms. The van der Waals surface area contributed by atoms with Gasteiger partial charge in [-0.2, -0.15) is 4.31 Å². The molecule has 1 aromatic heterocycles. The van der Waals surface area contributed by atoms with Gasteiger partial charge in [0.1, 0.15) is 0 Å². The minimum atomic E-state index is -3.37. The molecule has 1 fully saturated rings. The maximum atomic E-state index is 12.7. The van der Waals surface area contributed by atoms with Gasteiger partial charge in [-0.15, -0.1) is 22.9 Å². The minimum absolute atomic E-state index is 0.123. The van der Waals surface area contributed by atoms with Crippen molar-refractivity contribution in [3.63, 3.8) is 0 Å². The Morgan fingerprint density at radius 1 is 1.56 bits per heavy atom. The van der Waals surface area contributed by atoms with E-state index in [0.717, 1.165) is 17.7 Å². The molecule has 0 spiro atoms. The highest BCUT2D eigenvalue weighted by atomic mass is 35.5. The van der Waals surface area contributed by atoms with E-state index in [9.17, 15) is 8.42 Å². The lowest BCUT2D eigenvalue weighted by atomic mass is 10.0. The van der Waals surface area contributed by atoms with E-state index in [1.807, 2.05) is 0 Å². The Bertz CT molecular complexity index is 510. The number of sulfonamides is 1. The predicted molar refractivity (Wildman–Crippen MR) is 75.6 cm³/mol. The van der Waals surface area contributed by atoms with Crippen LogP contribution in [0.3, 0.4) is 0 Å². The lowest BCUT2D eigenvalue weighted by molar-refractivity contribution is 0.315. The Labute approximate surface area is 118 Å². The van der Waals surface area contributed by atoms with Crippen LogP contribution in [0.2, 0.25) is 0 Å². The van der Waals surface area contributed by atoms with Crippen LogP contribution in [-0.4, -0.2) is 25.3 Å². The SMILES string of the molecule is CC(C)C1CCCN1S(=O)(=O)c1ccsc1CCl. The van der Waals surface area contributed by atoms with Gasteiger partial charge in [0, 0.05) is 17.5 Å². The van der Waals surface area contributed by atoms with Crippen molar-refractivity contribution in [1.29, 1.82) is 0 Å². The zero-order chi connectivity index (χ0) is 13.3. The lowest BCUT2D eigenvalue weighted by Crippen LogP contribution is -2.38. The molecule has 2 heterocycles. The first-order valence-electron chi connectivity index (χ1n) is 6.12. The summed E-state index contributed by atoms with van der Waals surface area (Å²) in [5.74, 6) is 0.604. The normalized spacial score (nSPS) is 21.9. The highest BCUT2D eigenvalue weighted by Gasteiger charge is 2.37. The largest absolute Gasteiger partial charge is 0.244 e. The first kappa shape index (κ1) is 14.3. The van der Waals surface area contributed by atoms with Crippen molar-refractivity contribution in [2.75, 3.05) is 6.54 Å². The summed E-state index contributed by atoms with van der Waals surface area (Å²) in [4.78, 5) is 1.14. The molecule has 1 aliphatic heterocycles. The second-order valence-electron chi connectivity index (χ2n) is 4.91. The zero-order valence-corrected chi connectivity index (χ0v) is 13.0. The van der Waals surface area contributed by atoms with Crippen molar-refractivity contribution in [2.24, 2.45) is 5.92 Å². The van der Waals surface area contributed by atoms with Crippen LogP contribution in [0, 0.1) is 5.92 Å². The summed E-state index contributed by atoms with van der Waals surface area (Å²) in [6, 6.07) is 1.80. The van der Waals surface area contributed by atoms with Crippen LogP contribution in [0.5, 0.6) is 0 Å². The Hall–Kier alpha value is -0.100. The fourth-order valence-electron chi connectivity index (χ4n) is 2.51. The third-order valence-corrected chi connectivity index (χ3v) is 6.92. The van der Waals surface area contributed by atoms with Crippen molar-refractivity contribution in [1.82, 2.24) is 4.31 Å². The zero-order valence-electron chi connectivity index (χ0n) is 10.6. The molecule has 0 saturated carbocycles. The van der Waals surface area contributed by atoms with Crippen LogP contribution >= 0.6 is 22.9 Å². The molecule has 2 rings (SSSR count). The molecule has 0 bridgehead atoms. The quantitative estimate of drug-likeness (QED) is 0.800. The number of rotatable bonds is 4. The summed E-state index contributed by atoms with van der Waals surface area (Å²) in [6.07, 6.45) is 1.90. The highest BCUT2D eigenvalue weighted by Crippen LogP contribution is 2.33. The Morgan fingerprint density at radius 3 is 2.89 bits per heavy atom. The Kier molecular flexibility index (Phi) is 4.36. The van der Waals surface area contributed by atoms with Crippen LogP contribution < -0.4 is 0 Å². The van der Waals surface area contributed by atoms with Crippen molar-refractivity contribution in [3.05, 3.63) is 16.3 Å². The van der Waals surface area contributed by atoms with Crippen LogP contribution in [0.25, 0.3) is 0 Å². The topological polar surface area (TPSA) is 37.4 Å². The van der Waals surface area contributed by atoms with Crippen molar-refractivity contribution >= 4 is 33.0 Å². The molecular weight excluding hydrogens is 290 g/mol. The maximum absolute atomic E-state index is 12.7. The summed E-state index contributed by atoms with van der Waals surface area (Å²) < 4.78 is 27.0. The fraction of sp³-hybridized carbons (Fsp3) is 0.667. The number of halogens is 1. The maximum Gasteiger partial charge on any atom is 0.244 e. The van der Waals surface area contributed by atoms with E-state index >= 15 is 0 Å². The molecule has 1 aromatic rings. The van der Waals surface area contributed by atoms with Gasteiger partial charge in [-0.3, -0.25) is 0 Å². The van der Waals surface area contributed by atoms with Crippen LogP contribution in [0.15, 0.2) is 16.3 Å². The summed E-state index contributed by atoms with van der Waals surface area (Å²) in [5.41, 5.74) is 0. The molecule has 0 N–H and O–H groups in total. The van der Waals surface area contributed by atoms with E-state index in [4.69, 9.17) is 11.6 Å². The smallest absolute Gasteiger partial charge is 0.207 e. The molecule has 1 aliphatic rings. The minimum Gasteiger partial charge on any atom is -0.207 e. The van der Waals surface area contributed by atoms with Crippen molar-refractivity contribution < 1.29 is 8.42 Å². The summed E-state index contributed by atoms with van der Waals surface area (Å²) in [5, 5.41) is 1.80. The van der Waals surface area contributed by atoms with E-state index in [-0.39, 0.29) is 11.9 Å². The van der Waals surface area contributed by atoms with Gasteiger partial charge in [0.15, 0.2) is 0 Å². The number of alkyl halides is 1. The summed E-state index contributed by atoms with van der Waals surface area (Å²) in [6.45, 7) is 4.78. The average molecular weight is 308 g/mol. The van der Waals surface area contributed by atoms with Gasteiger partial charge >= 0.3 is 0 Å². The van der Waals surface area contributed by atoms with Crippen molar-refractivity contribution in [2.45, 2.75) is 43.5 Å². The van der Waals surface area contributed by atoms with Crippen LogP contribution in [-0.2, 0) is 15.9 Å². The van der Waals surface area contributed by atoms with Crippen LogP contribution in [0.1, 0.15) is 31.6 Å². The van der Waals surface area contributed by atoms with Gasteiger partial charge in [-0.05, 0) is 30.2 Å². The second-order valence-corrected chi connectivity index (χ2v) is 8.04. The standard InChI is InChI=1S/C12H18ClNO2S2/c1-9(2)10-4-3-6-14(10)18(15,16)12-5-7-17-11(12)8-13/h5,7,9-10H,3-4,6,8H2,1-2H3. The van der Waals surface area contributed by atoms with Gasteiger partial charge in [0.2, 0.25) is 10.0 Å². The van der Waals surface area contributed by atoms with Gasteiger partial charge in [0.05, 0.1) is 10.8 Å². The molecule has 1 saturated heterocycles.